The number of para-hydroxylation sites is 4. The maximum Gasteiger partial charge on any atom is 0.170 e. The van der Waals surface area contributed by atoms with Crippen LogP contribution in [0.2, 0.25) is 0 Å². The van der Waals surface area contributed by atoms with Gasteiger partial charge in [0.2, 0.25) is 0 Å². The largest absolute Gasteiger partial charge is 0.450 e. The van der Waals surface area contributed by atoms with Gasteiger partial charge in [0.25, 0.3) is 0 Å². The molecule has 1 heterocycles. The Balaban J connectivity index is 2.32. The highest BCUT2D eigenvalue weighted by atomic mass is 16.6. The van der Waals surface area contributed by atoms with Crippen molar-refractivity contribution in [1.29, 1.82) is 0 Å². The summed E-state index contributed by atoms with van der Waals surface area (Å²) >= 11 is 0. The van der Waals surface area contributed by atoms with Crippen molar-refractivity contribution in [2.75, 3.05) is 0 Å². The maximum absolute atomic E-state index is 7.78. The van der Waals surface area contributed by atoms with Crippen LogP contribution in [0, 0.1) is 0 Å². The van der Waals surface area contributed by atoms with Crippen LogP contribution in [-0.2, 0) is 0 Å². The van der Waals surface area contributed by atoms with Crippen molar-refractivity contribution in [1.82, 2.24) is 0 Å². The van der Waals surface area contributed by atoms with E-state index in [1.165, 1.54) is 0 Å². The standard InChI is InChI=1S/C12H8O2/c1-2-6-10-9(5-1)13-11-7-3-4-8-12(11)14-10/h1-8H/i1D,2D,3D,4D,5D,6D,7D,8D. The van der Waals surface area contributed by atoms with Crippen LogP contribution < -0.4 is 9.47 Å². The molecule has 0 unspecified atom stereocenters. The Bertz CT molecular complexity index is 698. The SMILES string of the molecule is [2H]c1c([2H])c([2H])c2c(c1[2H])Oc1c([2H])c([2H])c([2H])c([2H])c1O2. The van der Waals surface area contributed by atoms with E-state index in [0.717, 1.165) is 0 Å². The summed E-state index contributed by atoms with van der Waals surface area (Å²) in [5, 5.41) is 0. The Labute approximate surface area is 92.9 Å². The molecular formula is C12H8O2. The average Bonchev–Trinajstić information content (AvgIpc) is 2.52. The van der Waals surface area contributed by atoms with Gasteiger partial charge in [-0.2, -0.15) is 0 Å². The third kappa shape index (κ3) is 1.04. The highest BCUT2D eigenvalue weighted by Gasteiger charge is 2.16. The van der Waals surface area contributed by atoms with Crippen molar-refractivity contribution in [3.05, 3.63) is 48.3 Å². The summed E-state index contributed by atoms with van der Waals surface area (Å²) in [4.78, 5) is 0. The van der Waals surface area contributed by atoms with E-state index in [9.17, 15) is 0 Å². The van der Waals surface area contributed by atoms with Gasteiger partial charge >= 0.3 is 0 Å². The molecule has 0 bridgehead atoms. The molecule has 1 aliphatic rings. The van der Waals surface area contributed by atoms with E-state index >= 15 is 0 Å². The van der Waals surface area contributed by atoms with Gasteiger partial charge in [-0.05, 0) is 24.2 Å². The van der Waals surface area contributed by atoms with Gasteiger partial charge in [-0.15, -0.1) is 0 Å². The molecule has 0 aromatic heterocycles. The quantitative estimate of drug-likeness (QED) is 0.542. The number of ether oxygens (including phenoxy) is 2. The third-order valence-electron chi connectivity index (χ3n) is 1.65. The number of benzene rings is 2. The third-order valence-corrected chi connectivity index (χ3v) is 1.65. The van der Waals surface area contributed by atoms with Gasteiger partial charge in [-0.1, -0.05) is 24.2 Å². The fraction of sp³-hybridized carbons (Fsp3) is 0. The molecule has 0 aliphatic carbocycles. The summed E-state index contributed by atoms with van der Waals surface area (Å²) in [6.45, 7) is 0. The lowest BCUT2D eigenvalue weighted by molar-refractivity contribution is 0.359. The Morgan fingerprint density at radius 3 is 1.21 bits per heavy atom. The van der Waals surface area contributed by atoms with Crippen molar-refractivity contribution >= 4 is 0 Å². The predicted octanol–water partition coefficient (Wildman–Crippen LogP) is 3.58. The monoisotopic (exact) mass is 192 g/mol. The first-order chi connectivity index (χ1) is 10.3. The Hall–Kier alpha value is -1.96. The summed E-state index contributed by atoms with van der Waals surface area (Å²) in [6.07, 6.45) is 0. The minimum absolute atomic E-state index is 0.302. The molecule has 14 heavy (non-hydrogen) atoms. The summed E-state index contributed by atoms with van der Waals surface area (Å²) in [7, 11) is 0. The zero-order chi connectivity index (χ0) is 16.3. The van der Waals surface area contributed by atoms with E-state index in [1.54, 1.807) is 0 Å². The molecule has 0 amide bonds. The van der Waals surface area contributed by atoms with E-state index in [1.807, 2.05) is 0 Å². The zero-order valence-corrected chi connectivity index (χ0v) is 6.82. The molecule has 2 nitrogen and oxygen atoms in total. The van der Waals surface area contributed by atoms with Gasteiger partial charge in [0.15, 0.2) is 23.0 Å². The fourth-order valence-corrected chi connectivity index (χ4v) is 1.07. The van der Waals surface area contributed by atoms with Crippen LogP contribution in [0.1, 0.15) is 11.0 Å². The number of rotatable bonds is 0. The van der Waals surface area contributed by atoms with Crippen molar-refractivity contribution in [3.63, 3.8) is 0 Å². The van der Waals surface area contributed by atoms with Gasteiger partial charge in [-0.25, -0.2) is 0 Å². The molecule has 3 rings (SSSR count). The summed E-state index contributed by atoms with van der Waals surface area (Å²) in [5.74, 6) is -1.21. The molecule has 0 atom stereocenters. The first-order valence-electron chi connectivity index (χ1n) is 7.82. The van der Waals surface area contributed by atoms with Gasteiger partial charge < -0.3 is 9.47 Å². The molecule has 0 saturated carbocycles. The second-order valence-corrected chi connectivity index (χ2v) is 2.52. The molecule has 0 radical (unpaired) electrons. The first-order valence-corrected chi connectivity index (χ1v) is 3.82. The molecule has 0 N–H and O–H groups in total. The molecule has 2 heteroatoms. The lowest BCUT2D eigenvalue weighted by Gasteiger charge is -2.19. The van der Waals surface area contributed by atoms with Crippen LogP contribution in [0.3, 0.4) is 0 Å². The topological polar surface area (TPSA) is 18.5 Å². The lowest BCUT2D eigenvalue weighted by Crippen LogP contribution is -1.97. The van der Waals surface area contributed by atoms with Gasteiger partial charge in [0.1, 0.15) is 0 Å². The highest BCUT2D eigenvalue weighted by Crippen LogP contribution is 2.44. The number of fused-ring (bicyclic) bond motifs is 2. The molecule has 1 aliphatic heterocycles. The van der Waals surface area contributed by atoms with Crippen LogP contribution in [0.5, 0.6) is 23.0 Å². The van der Waals surface area contributed by atoms with Gasteiger partial charge in [-0.3, -0.25) is 0 Å². The van der Waals surface area contributed by atoms with Crippen LogP contribution in [0.15, 0.2) is 48.3 Å². The van der Waals surface area contributed by atoms with Gasteiger partial charge in [0.05, 0.1) is 11.0 Å². The van der Waals surface area contributed by atoms with Crippen LogP contribution in [-0.4, -0.2) is 0 Å². The fourth-order valence-electron chi connectivity index (χ4n) is 1.07. The predicted molar refractivity (Wildman–Crippen MR) is 53.0 cm³/mol. The molecule has 68 valence electrons. The van der Waals surface area contributed by atoms with E-state index in [2.05, 4.69) is 0 Å². The molecule has 2 aromatic rings. The van der Waals surface area contributed by atoms with Crippen LogP contribution in [0.4, 0.5) is 0 Å². The Kier molecular flexibility index (Phi) is 0.598. The normalized spacial score (nSPS) is 20.0. The molecular weight excluding hydrogens is 176 g/mol. The first kappa shape index (κ1) is 3.02. The molecule has 0 fully saturated rings. The molecule has 0 saturated heterocycles. The second kappa shape index (κ2) is 2.77. The van der Waals surface area contributed by atoms with Crippen molar-refractivity contribution < 1.29 is 20.4 Å². The summed E-state index contributed by atoms with van der Waals surface area (Å²) < 4.78 is 72.2. The Morgan fingerprint density at radius 1 is 0.643 bits per heavy atom. The van der Waals surface area contributed by atoms with Crippen molar-refractivity contribution in [2.45, 2.75) is 0 Å². The van der Waals surface area contributed by atoms with Crippen LogP contribution >= 0.6 is 0 Å². The zero-order valence-electron chi connectivity index (χ0n) is 14.8. The average molecular weight is 192 g/mol. The Morgan fingerprint density at radius 2 is 0.929 bits per heavy atom. The van der Waals surface area contributed by atoms with E-state index in [-0.39, 0.29) is 23.0 Å². The highest BCUT2D eigenvalue weighted by molar-refractivity contribution is 5.53. The smallest absolute Gasteiger partial charge is 0.170 e. The number of hydrogen-bond acceptors (Lipinski definition) is 2. The van der Waals surface area contributed by atoms with Crippen LogP contribution in [0.25, 0.3) is 0 Å². The van der Waals surface area contributed by atoms with Crippen molar-refractivity contribution in [3.8, 4) is 23.0 Å². The summed E-state index contributed by atoms with van der Waals surface area (Å²) in [6, 6.07) is -3.98. The van der Waals surface area contributed by atoms with E-state index < -0.39 is 48.3 Å². The summed E-state index contributed by atoms with van der Waals surface area (Å²) in [5.41, 5.74) is 0. The minimum Gasteiger partial charge on any atom is -0.450 e. The maximum atomic E-state index is 7.78. The molecule has 2 aromatic carbocycles. The van der Waals surface area contributed by atoms with E-state index in [4.69, 9.17) is 20.4 Å². The lowest BCUT2D eigenvalue weighted by atomic mass is 10.2. The molecule has 0 spiro atoms. The van der Waals surface area contributed by atoms with Crippen molar-refractivity contribution in [2.24, 2.45) is 0 Å². The minimum atomic E-state index is -0.517. The van der Waals surface area contributed by atoms with E-state index in [0.29, 0.717) is 0 Å². The van der Waals surface area contributed by atoms with Gasteiger partial charge in [0, 0.05) is 0 Å². The number of hydrogen-bond donors (Lipinski definition) is 0. The second-order valence-electron chi connectivity index (χ2n) is 2.52.